The van der Waals surface area contributed by atoms with Crippen molar-refractivity contribution < 1.29 is 19.1 Å². The molecule has 0 amide bonds. The third kappa shape index (κ3) is 1.95. The molecular formula is C16H12O4. The maximum Gasteiger partial charge on any atom is 0.231 e. The van der Waals surface area contributed by atoms with Crippen LogP contribution in [0, 0.1) is 0 Å². The van der Waals surface area contributed by atoms with Crippen molar-refractivity contribution >= 4 is 11.6 Å². The highest BCUT2D eigenvalue weighted by Gasteiger charge is 2.33. The Morgan fingerprint density at radius 1 is 1.15 bits per heavy atom. The molecule has 0 saturated carbocycles. The van der Waals surface area contributed by atoms with Gasteiger partial charge in [-0.3, -0.25) is 9.59 Å². The molecule has 0 aromatic heterocycles. The molecule has 100 valence electrons. The fraction of sp³-hybridized carbons (Fsp3) is 0.125. The molecule has 4 nitrogen and oxygen atoms in total. The van der Waals surface area contributed by atoms with Crippen LogP contribution < -0.4 is 0 Å². The first-order valence-electron chi connectivity index (χ1n) is 6.19. The molecule has 20 heavy (non-hydrogen) atoms. The predicted molar refractivity (Wildman–Crippen MR) is 71.5 cm³/mol. The summed E-state index contributed by atoms with van der Waals surface area (Å²) in [5.41, 5.74) is 1.18. The van der Waals surface area contributed by atoms with E-state index in [0.29, 0.717) is 0 Å². The normalized spacial score (nSPS) is 21.2. The first-order valence-corrected chi connectivity index (χ1v) is 6.19. The van der Waals surface area contributed by atoms with Crippen LogP contribution in [0.1, 0.15) is 11.7 Å². The lowest BCUT2D eigenvalue weighted by Gasteiger charge is -2.25. The molecule has 0 fully saturated rings. The molecule has 1 atom stereocenters. The zero-order chi connectivity index (χ0) is 14.1. The van der Waals surface area contributed by atoms with E-state index in [1.54, 1.807) is 12.2 Å². The van der Waals surface area contributed by atoms with Crippen molar-refractivity contribution in [1.82, 2.24) is 0 Å². The van der Waals surface area contributed by atoms with Crippen LogP contribution in [-0.4, -0.2) is 18.7 Å². The summed E-state index contributed by atoms with van der Waals surface area (Å²) in [6, 6.07) is 9.52. The van der Waals surface area contributed by atoms with Gasteiger partial charge in [-0.15, -0.1) is 0 Å². The van der Waals surface area contributed by atoms with Gasteiger partial charge in [-0.25, -0.2) is 0 Å². The third-order valence-electron chi connectivity index (χ3n) is 3.23. The number of Topliss-reactive ketones (excluding diaryl/α,β-unsaturated/α-hetero) is 1. The average molecular weight is 268 g/mol. The second-order valence-corrected chi connectivity index (χ2v) is 4.46. The lowest BCUT2D eigenvalue weighted by Crippen LogP contribution is -2.24. The molecule has 1 heterocycles. The highest BCUT2D eigenvalue weighted by atomic mass is 16.5. The number of allylic oxidation sites excluding steroid dienone is 3. The first-order chi connectivity index (χ1) is 9.70. The average Bonchev–Trinajstić information content (AvgIpc) is 2.51. The molecule has 1 aliphatic carbocycles. The summed E-state index contributed by atoms with van der Waals surface area (Å²) in [4.78, 5) is 24.0. The Hall–Kier alpha value is -2.62. The SMILES string of the molecule is COC1=CC(=O)C2=C(C=CC(c3ccccc3)O2)C1=O. The van der Waals surface area contributed by atoms with Crippen LogP contribution in [-0.2, 0) is 19.1 Å². The first kappa shape index (κ1) is 12.4. The summed E-state index contributed by atoms with van der Waals surface area (Å²) in [6.45, 7) is 0. The van der Waals surface area contributed by atoms with Crippen LogP contribution in [0.15, 0.2) is 65.7 Å². The molecular weight excluding hydrogens is 256 g/mol. The lowest BCUT2D eigenvalue weighted by molar-refractivity contribution is -0.120. The number of ether oxygens (including phenoxy) is 2. The molecule has 0 bridgehead atoms. The maximum absolute atomic E-state index is 12.0. The zero-order valence-electron chi connectivity index (χ0n) is 10.8. The van der Waals surface area contributed by atoms with Crippen LogP contribution >= 0.6 is 0 Å². The van der Waals surface area contributed by atoms with Crippen molar-refractivity contribution in [3.63, 3.8) is 0 Å². The van der Waals surface area contributed by atoms with E-state index in [4.69, 9.17) is 9.47 Å². The van der Waals surface area contributed by atoms with Crippen molar-refractivity contribution in [3.8, 4) is 0 Å². The Balaban J connectivity index is 1.93. The van der Waals surface area contributed by atoms with Gasteiger partial charge in [-0.05, 0) is 17.7 Å². The van der Waals surface area contributed by atoms with E-state index >= 15 is 0 Å². The smallest absolute Gasteiger partial charge is 0.231 e. The summed E-state index contributed by atoms with van der Waals surface area (Å²) >= 11 is 0. The standard InChI is InChI=1S/C16H12O4/c1-19-14-9-12(17)16-11(15(14)18)7-8-13(20-16)10-5-3-2-4-6-10/h2-9,13H,1H3. The van der Waals surface area contributed by atoms with E-state index in [1.165, 1.54) is 13.2 Å². The van der Waals surface area contributed by atoms with Crippen molar-refractivity contribution in [1.29, 1.82) is 0 Å². The predicted octanol–water partition coefficient (Wildman–Crippen LogP) is 2.25. The number of carbonyl (C=O) groups excluding carboxylic acids is 2. The van der Waals surface area contributed by atoms with Gasteiger partial charge < -0.3 is 9.47 Å². The second kappa shape index (κ2) is 4.81. The number of hydrogen-bond donors (Lipinski definition) is 0. The number of carbonyl (C=O) groups is 2. The fourth-order valence-electron chi connectivity index (χ4n) is 2.22. The van der Waals surface area contributed by atoms with Gasteiger partial charge in [0.15, 0.2) is 11.5 Å². The van der Waals surface area contributed by atoms with Crippen molar-refractivity contribution in [2.24, 2.45) is 0 Å². The van der Waals surface area contributed by atoms with E-state index in [0.717, 1.165) is 5.56 Å². The monoisotopic (exact) mass is 268 g/mol. The quantitative estimate of drug-likeness (QED) is 0.772. The number of rotatable bonds is 2. The Morgan fingerprint density at radius 3 is 2.60 bits per heavy atom. The van der Waals surface area contributed by atoms with Gasteiger partial charge in [-0.2, -0.15) is 0 Å². The Labute approximate surface area is 116 Å². The molecule has 0 radical (unpaired) electrons. The lowest BCUT2D eigenvalue weighted by atomic mass is 9.95. The van der Waals surface area contributed by atoms with Crippen LogP contribution in [0.25, 0.3) is 0 Å². The largest absolute Gasteiger partial charge is 0.492 e. The Kier molecular flexibility index (Phi) is 2.99. The van der Waals surface area contributed by atoms with Gasteiger partial charge in [0, 0.05) is 6.08 Å². The van der Waals surface area contributed by atoms with Gasteiger partial charge in [0.05, 0.1) is 12.7 Å². The maximum atomic E-state index is 12.0. The summed E-state index contributed by atoms with van der Waals surface area (Å²) in [5, 5.41) is 0. The molecule has 1 aromatic rings. The number of hydrogen-bond acceptors (Lipinski definition) is 4. The van der Waals surface area contributed by atoms with Crippen LogP contribution in [0.4, 0.5) is 0 Å². The van der Waals surface area contributed by atoms with Crippen LogP contribution in [0.5, 0.6) is 0 Å². The summed E-state index contributed by atoms with van der Waals surface area (Å²) in [7, 11) is 1.36. The summed E-state index contributed by atoms with van der Waals surface area (Å²) in [6.07, 6.45) is 4.20. The molecule has 1 aromatic carbocycles. The number of ketones is 2. The molecule has 0 spiro atoms. The van der Waals surface area contributed by atoms with E-state index < -0.39 is 0 Å². The molecule has 0 N–H and O–H groups in total. The number of benzene rings is 1. The minimum atomic E-state index is -0.357. The fourth-order valence-corrected chi connectivity index (χ4v) is 2.22. The minimum Gasteiger partial charge on any atom is -0.492 e. The van der Waals surface area contributed by atoms with E-state index in [1.807, 2.05) is 30.3 Å². The second-order valence-electron chi connectivity index (χ2n) is 4.46. The van der Waals surface area contributed by atoms with Crippen LogP contribution in [0.2, 0.25) is 0 Å². The molecule has 3 rings (SSSR count). The molecule has 2 aliphatic rings. The highest BCUT2D eigenvalue weighted by molar-refractivity contribution is 6.22. The van der Waals surface area contributed by atoms with E-state index in [-0.39, 0.29) is 34.8 Å². The molecule has 1 aliphatic heterocycles. The summed E-state index contributed by atoms with van der Waals surface area (Å²) < 4.78 is 10.6. The summed E-state index contributed by atoms with van der Waals surface area (Å²) in [5.74, 6) is -0.543. The topological polar surface area (TPSA) is 52.6 Å². The highest BCUT2D eigenvalue weighted by Crippen LogP contribution is 2.32. The zero-order valence-corrected chi connectivity index (χ0v) is 10.8. The van der Waals surface area contributed by atoms with Gasteiger partial charge in [0.25, 0.3) is 0 Å². The van der Waals surface area contributed by atoms with Crippen LogP contribution in [0.3, 0.4) is 0 Å². The number of methoxy groups -OCH3 is 1. The Bertz CT molecular complexity index is 665. The Morgan fingerprint density at radius 2 is 1.90 bits per heavy atom. The van der Waals surface area contributed by atoms with Gasteiger partial charge in [-0.1, -0.05) is 30.3 Å². The van der Waals surface area contributed by atoms with Crippen molar-refractivity contribution in [3.05, 3.63) is 71.2 Å². The van der Waals surface area contributed by atoms with Gasteiger partial charge in [0.1, 0.15) is 6.10 Å². The van der Waals surface area contributed by atoms with Gasteiger partial charge >= 0.3 is 0 Å². The molecule has 4 heteroatoms. The van der Waals surface area contributed by atoms with Crippen molar-refractivity contribution in [2.45, 2.75) is 6.10 Å². The third-order valence-corrected chi connectivity index (χ3v) is 3.23. The molecule has 1 unspecified atom stereocenters. The minimum absolute atomic E-state index is 0.0418. The van der Waals surface area contributed by atoms with E-state index in [2.05, 4.69) is 0 Å². The molecule has 0 saturated heterocycles. The van der Waals surface area contributed by atoms with Gasteiger partial charge in [0.2, 0.25) is 11.6 Å². The van der Waals surface area contributed by atoms with E-state index in [9.17, 15) is 9.59 Å². The van der Waals surface area contributed by atoms with Crippen molar-refractivity contribution in [2.75, 3.05) is 7.11 Å².